The minimum atomic E-state index is -3.00. The fourth-order valence-electron chi connectivity index (χ4n) is 11.1. The number of methoxy groups -OCH3 is 1. The second kappa shape index (κ2) is 34.7. The van der Waals surface area contributed by atoms with Gasteiger partial charge in [0.2, 0.25) is 12.1 Å². The Balaban J connectivity index is 1.15. The third kappa shape index (κ3) is 18.9. The van der Waals surface area contributed by atoms with E-state index >= 15 is 0 Å². The van der Waals surface area contributed by atoms with Gasteiger partial charge in [0, 0.05) is 25.2 Å². The van der Waals surface area contributed by atoms with Crippen LogP contribution in [0.5, 0.6) is 23.0 Å². The molecule has 14 N–H and O–H groups in total. The summed E-state index contributed by atoms with van der Waals surface area (Å²) in [7, 11) is 1.24. The maximum atomic E-state index is 14.6. The fraction of sp³-hybridized carbons (Fsp3) is 0.478. The summed E-state index contributed by atoms with van der Waals surface area (Å²) in [6.07, 6.45) is -40.4. The van der Waals surface area contributed by atoms with Gasteiger partial charge in [-0.25, -0.2) is 19.2 Å². The van der Waals surface area contributed by atoms with Gasteiger partial charge in [0.25, 0.3) is 0 Å². The van der Waals surface area contributed by atoms with Crippen molar-refractivity contribution in [2.45, 2.75) is 161 Å². The highest BCUT2D eigenvalue weighted by Crippen LogP contribution is 2.43. The quantitative estimate of drug-likeness (QED) is 0.0170. The van der Waals surface area contributed by atoms with Crippen LogP contribution in [0.4, 0.5) is 0 Å². The number of aliphatic hydroxyl groups excluding tert-OH is 12. The molecule has 0 bridgehead atoms. The van der Waals surface area contributed by atoms with Crippen molar-refractivity contribution in [3.05, 3.63) is 138 Å². The summed E-state index contributed by atoms with van der Waals surface area (Å²) >= 11 is 0. The highest BCUT2D eigenvalue weighted by Gasteiger charge is 2.64. The van der Waals surface area contributed by atoms with Crippen molar-refractivity contribution in [2.75, 3.05) is 40.1 Å². The number of aliphatic hydroxyl groups is 12. The Kier molecular flexibility index (Phi) is 26.4. The van der Waals surface area contributed by atoms with Crippen molar-refractivity contribution in [3.8, 4) is 23.0 Å². The van der Waals surface area contributed by atoms with Crippen LogP contribution in [-0.2, 0) is 80.8 Å². The number of benzene rings is 4. The van der Waals surface area contributed by atoms with Crippen LogP contribution in [0.15, 0.2) is 115 Å². The molecule has 34 heteroatoms. The molecule has 0 aromatic heterocycles. The lowest BCUT2D eigenvalue weighted by Gasteiger charge is -2.50. The number of esters is 5. The van der Waals surface area contributed by atoms with E-state index < -0.39 is 210 Å². The predicted octanol–water partition coefficient (Wildman–Crippen LogP) is -2.89. The van der Waals surface area contributed by atoms with Crippen molar-refractivity contribution in [1.29, 1.82) is 0 Å². The van der Waals surface area contributed by atoms with E-state index in [4.69, 9.17) is 71.1 Å². The maximum Gasteiger partial charge on any atom is 0.338 e. The summed E-state index contributed by atoms with van der Waals surface area (Å²) in [5.41, 5.74) is 0.817. The lowest BCUT2D eigenvalue weighted by molar-refractivity contribution is -0.421. The summed E-state index contributed by atoms with van der Waals surface area (Å²) in [4.78, 5) is 68.6. The molecule has 0 saturated carbocycles. The topological polar surface area (TPSA) is 507 Å². The summed E-state index contributed by atoms with van der Waals surface area (Å²) < 4.78 is 89.5. The molecule has 0 aliphatic carbocycles. The molecule has 5 saturated heterocycles. The van der Waals surface area contributed by atoms with Crippen LogP contribution < -0.4 is 9.47 Å². The summed E-state index contributed by atoms with van der Waals surface area (Å²) in [5, 5.41) is 153. The van der Waals surface area contributed by atoms with E-state index in [0.717, 1.165) is 31.2 Å². The Labute approximate surface area is 574 Å². The number of hydrogen-bond donors (Lipinski definition) is 14. The van der Waals surface area contributed by atoms with E-state index in [0.29, 0.717) is 11.1 Å². The minimum absolute atomic E-state index is 0.0319. The molecule has 4 aromatic rings. The molecule has 0 spiro atoms. The molecule has 5 aliphatic rings. The first-order valence-corrected chi connectivity index (χ1v) is 31.4. The predicted molar refractivity (Wildman–Crippen MR) is 334 cm³/mol. The highest BCUT2D eigenvalue weighted by atomic mass is 16.8. The zero-order valence-electron chi connectivity index (χ0n) is 53.9. The standard InChI is InChI=1S/C67H78O34/c1-31-48(76)52(80)55(83)63(91-31)92-39-21-13-35(25-40(39)87-3)16-24-47(75)96-58-44(29-88-32(2)70)95-66(101-67(30-90-46(74)23-15-34-11-19-38(72)20-12-34)61(51(79)42(27-69)100-67)99-62(86)36-7-5-4-6-8-36)60(98-64-56(84)53(81)49(77)41(26-68)93-64)59(58)97-65-57(85)54(82)50(78)43(94-65)28-89-45(73)22-14-33-9-17-37(71)18-10-33/h4-25,31,41-44,48-61,63-66,68-69,71-72,76-85H,26-30H2,1-3H3/b22-14-,23-15-,24-16-/t31-,41+,42+,43+,44-,48-,49+,50+,51+,52-,53+,54+,55-,56+,57-,58+,59+,60+,61+,63-,64-,65-,66-,67-/m1/s1. The van der Waals surface area contributed by atoms with Crippen LogP contribution in [0.25, 0.3) is 18.2 Å². The van der Waals surface area contributed by atoms with Crippen LogP contribution in [0.1, 0.15) is 40.9 Å². The number of rotatable bonds is 26. The molecule has 550 valence electrons. The molecule has 5 heterocycles. The number of carbonyl (C=O) groups is 5. The molecule has 5 fully saturated rings. The largest absolute Gasteiger partial charge is 0.508 e. The molecule has 5 aliphatic heterocycles. The van der Waals surface area contributed by atoms with E-state index in [1.807, 2.05) is 0 Å². The monoisotopic (exact) mass is 1430 g/mol. The van der Waals surface area contributed by atoms with Gasteiger partial charge in [0.05, 0.1) is 32.0 Å². The summed E-state index contributed by atoms with van der Waals surface area (Å²) in [6, 6.07) is 22.2. The van der Waals surface area contributed by atoms with Crippen LogP contribution in [0.2, 0.25) is 0 Å². The molecule has 0 unspecified atom stereocenters. The zero-order chi connectivity index (χ0) is 73.0. The summed E-state index contributed by atoms with van der Waals surface area (Å²) in [6.45, 7) is -2.99. The van der Waals surface area contributed by atoms with E-state index in [1.165, 1.54) is 117 Å². The first-order chi connectivity index (χ1) is 48.2. The van der Waals surface area contributed by atoms with Gasteiger partial charge < -0.3 is 143 Å². The Bertz CT molecular complexity index is 3500. The second-order valence-electron chi connectivity index (χ2n) is 23.7. The van der Waals surface area contributed by atoms with Gasteiger partial charge in [-0.05, 0) is 90.4 Å². The lowest BCUT2D eigenvalue weighted by atomic mass is 9.95. The van der Waals surface area contributed by atoms with Gasteiger partial charge in [-0.1, -0.05) is 48.5 Å². The minimum Gasteiger partial charge on any atom is -0.508 e. The first-order valence-electron chi connectivity index (χ1n) is 31.4. The van der Waals surface area contributed by atoms with Crippen LogP contribution in [0.3, 0.4) is 0 Å². The van der Waals surface area contributed by atoms with Gasteiger partial charge in [0.1, 0.15) is 129 Å². The Morgan fingerprint density at radius 1 is 0.485 bits per heavy atom. The lowest BCUT2D eigenvalue weighted by Crippen LogP contribution is -2.69. The molecular formula is C67H78O34. The molecule has 101 heavy (non-hydrogen) atoms. The SMILES string of the molecule is COc1cc(/C=C\C(=O)O[C@@H]2[C@H](O[C@H]3O[C@@H](COC(=O)/C=C\c4ccc(O)cc4)[C@H](O)[C@H](O)[C@H]3O)[C@H](O[C@H]3O[C@@H](CO)[C@H](O)[C@H](O)[C@@H]3O)[C@@H](O[C@@]3(COC(=O)/C=C\c4ccc(O)cc4)O[C@@H](CO)[C@H](O)[C@@H]3OC(=O)c3ccccc3)O[C@@H]2COC(C)=O)ccc1O[C@H]1O[C@H](C)[C@@H](O)[C@@H](O)[C@H]1O. The molecule has 0 radical (unpaired) electrons. The Morgan fingerprint density at radius 2 is 1.00 bits per heavy atom. The number of carbonyl (C=O) groups excluding carboxylic acids is 5. The van der Waals surface area contributed by atoms with Crippen LogP contribution >= 0.6 is 0 Å². The molecule has 4 aromatic carbocycles. The number of phenolic OH excluding ortho intramolecular Hbond substituents is 2. The first kappa shape index (κ1) is 77.0. The van der Waals surface area contributed by atoms with Crippen LogP contribution in [-0.4, -0.2) is 288 Å². The van der Waals surface area contributed by atoms with Crippen molar-refractivity contribution in [1.82, 2.24) is 0 Å². The van der Waals surface area contributed by atoms with Crippen molar-refractivity contribution in [3.63, 3.8) is 0 Å². The molecule has 34 nitrogen and oxygen atoms in total. The van der Waals surface area contributed by atoms with E-state index in [-0.39, 0.29) is 34.1 Å². The van der Waals surface area contributed by atoms with Crippen molar-refractivity contribution >= 4 is 48.1 Å². The average molecular weight is 1430 g/mol. The molecule has 9 rings (SSSR count). The normalized spacial score (nSPS) is 34.3. The fourth-order valence-corrected chi connectivity index (χ4v) is 11.1. The Hall–Kier alpha value is -8.15. The van der Waals surface area contributed by atoms with Gasteiger partial charge >= 0.3 is 29.8 Å². The third-order valence-corrected chi connectivity index (χ3v) is 16.7. The second-order valence-corrected chi connectivity index (χ2v) is 23.7. The van der Waals surface area contributed by atoms with Gasteiger partial charge in [-0.15, -0.1) is 0 Å². The number of phenols is 2. The van der Waals surface area contributed by atoms with Gasteiger partial charge in [-0.2, -0.15) is 0 Å². The van der Waals surface area contributed by atoms with Crippen molar-refractivity contribution < 1.29 is 167 Å². The number of hydrogen-bond acceptors (Lipinski definition) is 34. The van der Waals surface area contributed by atoms with Gasteiger partial charge in [-0.3, -0.25) is 4.79 Å². The average Bonchev–Trinajstić information content (AvgIpc) is 1.70. The van der Waals surface area contributed by atoms with Gasteiger partial charge in [0.15, 0.2) is 42.6 Å². The highest BCUT2D eigenvalue weighted by molar-refractivity contribution is 5.90. The van der Waals surface area contributed by atoms with E-state index in [2.05, 4.69) is 0 Å². The molecular weight excluding hydrogens is 1350 g/mol. The van der Waals surface area contributed by atoms with Crippen LogP contribution in [0, 0.1) is 0 Å². The maximum absolute atomic E-state index is 14.6. The third-order valence-electron chi connectivity index (χ3n) is 16.7. The number of ether oxygens (including phenoxy) is 15. The number of aromatic hydroxyl groups is 2. The summed E-state index contributed by atoms with van der Waals surface area (Å²) in [5.74, 6) is -9.07. The van der Waals surface area contributed by atoms with E-state index in [1.54, 1.807) is 6.07 Å². The zero-order valence-corrected chi connectivity index (χ0v) is 53.9. The van der Waals surface area contributed by atoms with E-state index in [9.17, 15) is 95.5 Å². The smallest absolute Gasteiger partial charge is 0.338 e. The van der Waals surface area contributed by atoms with Crippen molar-refractivity contribution in [2.24, 2.45) is 0 Å². The Morgan fingerprint density at radius 3 is 1.59 bits per heavy atom. The molecule has 0 amide bonds. The molecule has 24 atom stereocenters.